The van der Waals surface area contributed by atoms with Crippen LogP contribution in [0.5, 0.6) is 0 Å². The molecular formula is C28H27ClN2O. The van der Waals surface area contributed by atoms with Gasteiger partial charge in [0.05, 0.1) is 6.04 Å². The third-order valence-corrected chi connectivity index (χ3v) is 8.18. The number of carbonyl (C=O) groups excluding carboxylic acids is 1. The van der Waals surface area contributed by atoms with Crippen molar-refractivity contribution in [2.45, 2.75) is 38.1 Å². The minimum absolute atomic E-state index is 0.0666. The van der Waals surface area contributed by atoms with Crippen LogP contribution in [0.25, 0.3) is 0 Å². The van der Waals surface area contributed by atoms with Crippen molar-refractivity contribution < 1.29 is 4.79 Å². The van der Waals surface area contributed by atoms with Gasteiger partial charge in [-0.2, -0.15) is 0 Å². The Labute approximate surface area is 194 Å². The second-order valence-corrected chi connectivity index (χ2v) is 10.1. The summed E-state index contributed by atoms with van der Waals surface area (Å²) in [4.78, 5) is 13.1. The van der Waals surface area contributed by atoms with Gasteiger partial charge in [0.15, 0.2) is 0 Å². The van der Waals surface area contributed by atoms with E-state index in [1.165, 1.54) is 36.1 Å². The van der Waals surface area contributed by atoms with Crippen LogP contribution in [-0.2, 0) is 0 Å². The van der Waals surface area contributed by atoms with Crippen molar-refractivity contribution in [1.29, 1.82) is 0 Å². The van der Waals surface area contributed by atoms with Crippen LogP contribution in [0.4, 0.5) is 11.4 Å². The van der Waals surface area contributed by atoms with E-state index in [-0.39, 0.29) is 5.91 Å². The lowest BCUT2D eigenvalue weighted by atomic mass is 9.68. The van der Waals surface area contributed by atoms with Crippen molar-refractivity contribution in [2.24, 2.45) is 17.8 Å². The molecule has 4 heteroatoms. The lowest BCUT2D eigenvalue weighted by molar-refractivity contribution is 0.102. The molecule has 0 spiro atoms. The van der Waals surface area contributed by atoms with Crippen LogP contribution in [0.3, 0.4) is 0 Å². The van der Waals surface area contributed by atoms with Crippen LogP contribution in [0.1, 0.15) is 58.3 Å². The molecule has 0 unspecified atom stereocenters. The molecule has 3 aromatic carbocycles. The standard InChI is InChI=1S/C28H27ClN2O/c1-16-13-21(29)10-12-23(16)31-28(32)20-9-11-24-22(15-20)25-18-7-8-19(14-18)26(25)27(30-24)17-5-3-2-4-6-17/h2-6,9-13,15,18-19,25-27,30H,7-8,14H2,1H3,(H,31,32)/t18-,19-,25-,26-,27-/m0/s1. The largest absolute Gasteiger partial charge is 0.378 e. The fraction of sp³-hybridized carbons (Fsp3) is 0.321. The highest BCUT2D eigenvalue weighted by atomic mass is 35.5. The van der Waals surface area contributed by atoms with E-state index in [1.807, 2.05) is 31.2 Å². The second kappa shape index (κ2) is 7.67. The zero-order valence-corrected chi connectivity index (χ0v) is 18.9. The van der Waals surface area contributed by atoms with Crippen LogP contribution in [-0.4, -0.2) is 5.91 Å². The van der Waals surface area contributed by atoms with Crippen molar-refractivity contribution in [3.05, 3.63) is 94.0 Å². The number of halogens is 1. The third kappa shape index (κ3) is 3.22. The second-order valence-electron chi connectivity index (χ2n) is 9.68. The van der Waals surface area contributed by atoms with Gasteiger partial charge in [-0.15, -0.1) is 0 Å². The van der Waals surface area contributed by atoms with E-state index in [1.54, 1.807) is 0 Å². The summed E-state index contributed by atoms with van der Waals surface area (Å²) in [6, 6.07) is 23.0. The van der Waals surface area contributed by atoms with E-state index >= 15 is 0 Å². The number of aryl methyl sites for hydroxylation is 1. The molecule has 162 valence electrons. The summed E-state index contributed by atoms with van der Waals surface area (Å²) >= 11 is 6.07. The summed E-state index contributed by atoms with van der Waals surface area (Å²) in [6.07, 6.45) is 3.97. The molecule has 0 radical (unpaired) electrons. The molecule has 3 aliphatic rings. The van der Waals surface area contributed by atoms with E-state index in [0.717, 1.165) is 28.7 Å². The number of carbonyl (C=O) groups is 1. The molecule has 6 rings (SSSR count). The summed E-state index contributed by atoms with van der Waals surface area (Å²) in [5, 5.41) is 7.60. The third-order valence-electron chi connectivity index (χ3n) is 7.94. The summed E-state index contributed by atoms with van der Waals surface area (Å²) in [6.45, 7) is 1.96. The van der Waals surface area contributed by atoms with Gasteiger partial charge >= 0.3 is 0 Å². The smallest absolute Gasteiger partial charge is 0.255 e. The monoisotopic (exact) mass is 442 g/mol. The fourth-order valence-corrected chi connectivity index (χ4v) is 6.81. The summed E-state index contributed by atoms with van der Waals surface area (Å²) in [5.74, 6) is 2.56. The van der Waals surface area contributed by atoms with Gasteiger partial charge in [0.1, 0.15) is 0 Å². The topological polar surface area (TPSA) is 41.1 Å². The molecule has 2 bridgehead atoms. The van der Waals surface area contributed by atoms with Gasteiger partial charge in [-0.05, 0) is 103 Å². The Kier molecular flexibility index (Phi) is 4.76. The SMILES string of the molecule is Cc1cc(Cl)ccc1NC(=O)c1ccc2c(c1)[C@@H]1[C@H]3CC[C@@H](C3)[C@@H]1[C@H](c1ccccc1)N2. The minimum atomic E-state index is -0.0666. The maximum Gasteiger partial charge on any atom is 0.255 e. The summed E-state index contributed by atoms with van der Waals surface area (Å²) in [7, 11) is 0. The van der Waals surface area contributed by atoms with Crippen molar-refractivity contribution in [2.75, 3.05) is 10.6 Å². The highest BCUT2D eigenvalue weighted by Gasteiger charge is 2.53. The Balaban J connectivity index is 1.34. The molecule has 0 aromatic heterocycles. The number of nitrogens with one attached hydrogen (secondary N) is 2. The predicted molar refractivity (Wildman–Crippen MR) is 130 cm³/mol. The molecule has 1 heterocycles. The highest BCUT2D eigenvalue weighted by molar-refractivity contribution is 6.30. The Morgan fingerprint density at radius 2 is 1.81 bits per heavy atom. The first-order valence-corrected chi connectivity index (χ1v) is 12.0. The number of amides is 1. The van der Waals surface area contributed by atoms with Gasteiger partial charge < -0.3 is 10.6 Å². The average molecular weight is 443 g/mol. The number of anilines is 2. The molecule has 1 aliphatic heterocycles. The van der Waals surface area contributed by atoms with Crippen LogP contribution in [0.2, 0.25) is 5.02 Å². The molecule has 3 nitrogen and oxygen atoms in total. The molecule has 2 fully saturated rings. The lowest BCUT2D eigenvalue weighted by Gasteiger charge is -2.43. The van der Waals surface area contributed by atoms with Crippen LogP contribution in [0, 0.1) is 24.7 Å². The first kappa shape index (κ1) is 19.9. The van der Waals surface area contributed by atoms with E-state index in [0.29, 0.717) is 22.9 Å². The first-order valence-electron chi connectivity index (χ1n) is 11.6. The van der Waals surface area contributed by atoms with E-state index < -0.39 is 0 Å². The zero-order valence-electron chi connectivity index (χ0n) is 18.1. The molecule has 2 aliphatic carbocycles. The Hall–Kier alpha value is -2.78. The molecule has 2 saturated carbocycles. The van der Waals surface area contributed by atoms with E-state index in [9.17, 15) is 4.79 Å². The minimum Gasteiger partial charge on any atom is -0.378 e. The summed E-state index contributed by atoms with van der Waals surface area (Å²) < 4.78 is 0. The van der Waals surface area contributed by atoms with Crippen LogP contribution >= 0.6 is 11.6 Å². The van der Waals surface area contributed by atoms with E-state index in [2.05, 4.69) is 53.1 Å². The number of benzene rings is 3. The zero-order chi connectivity index (χ0) is 21.8. The highest BCUT2D eigenvalue weighted by Crippen LogP contribution is 2.63. The molecule has 2 N–H and O–H groups in total. The quantitative estimate of drug-likeness (QED) is 0.450. The molecule has 1 amide bonds. The van der Waals surface area contributed by atoms with Gasteiger partial charge in [-0.3, -0.25) is 4.79 Å². The lowest BCUT2D eigenvalue weighted by Crippen LogP contribution is -2.35. The maximum absolute atomic E-state index is 13.1. The van der Waals surface area contributed by atoms with Crippen LogP contribution in [0.15, 0.2) is 66.7 Å². The summed E-state index contributed by atoms with van der Waals surface area (Å²) in [5.41, 5.74) is 6.38. The molecule has 32 heavy (non-hydrogen) atoms. The number of fused-ring (bicyclic) bond motifs is 7. The molecule has 3 aromatic rings. The van der Waals surface area contributed by atoms with Crippen molar-refractivity contribution in [1.82, 2.24) is 0 Å². The van der Waals surface area contributed by atoms with Gasteiger partial charge in [-0.1, -0.05) is 41.9 Å². The maximum atomic E-state index is 13.1. The van der Waals surface area contributed by atoms with Crippen molar-refractivity contribution >= 4 is 28.9 Å². The van der Waals surface area contributed by atoms with Gasteiger partial charge in [0.2, 0.25) is 0 Å². The first-order chi connectivity index (χ1) is 15.6. The van der Waals surface area contributed by atoms with Gasteiger partial charge in [0.25, 0.3) is 5.91 Å². The number of hydrogen-bond acceptors (Lipinski definition) is 2. The average Bonchev–Trinajstić information content (AvgIpc) is 3.43. The Bertz CT molecular complexity index is 1190. The van der Waals surface area contributed by atoms with Gasteiger partial charge in [-0.25, -0.2) is 0 Å². The van der Waals surface area contributed by atoms with Gasteiger partial charge in [0, 0.05) is 22.0 Å². The predicted octanol–water partition coefficient (Wildman–Crippen LogP) is 7.20. The van der Waals surface area contributed by atoms with Crippen molar-refractivity contribution in [3.63, 3.8) is 0 Å². The van der Waals surface area contributed by atoms with Crippen molar-refractivity contribution in [3.8, 4) is 0 Å². The number of hydrogen-bond donors (Lipinski definition) is 2. The van der Waals surface area contributed by atoms with Crippen LogP contribution < -0.4 is 10.6 Å². The Morgan fingerprint density at radius 3 is 2.62 bits per heavy atom. The molecule has 5 atom stereocenters. The van der Waals surface area contributed by atoms with E-state index in [4.69, 9.17) is 11.6 Å². The molecule has 0 saturated heterocycles. The fourth-order valence-electron chi connectivity index (χ4n) is 6.58. The Morgan fingerprint density at radius 1 is 1.00 bits per heavy atom. The normalized spacial score (nSPS) is 27.4. The molecular weight excluding hydrogens is 416 g/mol. The number of rotatable bonds is 3.